The molecule has 0 aliphatic rings. The van der Waals surface area contributed by atoms with Crippen LogP contribution in [0.15, 0.2) is 0 Å². The molecule has 0 aliphatic heterocycles. The van der Waals surface area contributed by atoms with Crippen molar-refractivity contribution in [2.75, 3.05) is 19.6 Å². The summed E-state index contributed by atoms with van der Waals surface area (Å²) < 4.78 is 4.93. The topological polar surface area (TPSA) is 38.3 Å². The third-order valence-electron chi connectivity index (χ3n) is 1.51. The second-order valence-corrected chi connectivity index (χ2v) is 2.93. The molecule has 0 fully saturated rings. The van der Waals surface area contributed by atoms with Crippen molar-refractivity contribution in [2.45, 2.75) is 25.8 Å². The van der Waals surface area contributed by atoms with Crippen LogP contribution < -0.4 is 5.32 Å². The Morgan fingerprint density at radius 3 is 2.75 bits per heavy atom. The second-order valence-electron chi connectivity index (χ2n) is 2.55. The predicted octanol–water partition coefficient (Wildman–Crippen LogP) is 1.16. The van der Waals surface area contributed by atoms with Crippen LogP contribution in [-0.4, -0.2) is 31.5 Å². The van der Waals surface area contributed by atoms with E-state index in [1.807, 2.05) is 6.92 Å². The Balaban J connectivity index is 3.68. The molecule has 12 heavy (non-hydrogen) atoms. The predicted molar refractivity (Wildman–Crippen MR) is 49.4 cm³/mol. The fourth-order valence-electron chi connectivity index (χ4n) is 0.860. The fraction of sp³-hybridized carbons (Fsp3) is 0.875. The Morgan fingerprint density at radius 2 is 2.33 bits per heavy atom. The van der Waals surface area contributed by atoms with Crippen molar-refractivity contribution in [3.05, 3.63) is 0 Å². The quantitative estimate of drug-likeness (QED) is 0.643. The van der Waals surface area contributed by atoms with Crippen molar-refractivity contribution in [1.29, 1.82) is 0 Å². The van der Waals surface area contributed by atoms with Crippen LogP contribution in [0.5, 0.6) is 0 Å². The van der Waals surface area contributed by atoms with Gasteiger partial charge in [0, 0.05) is 19.4 Å². The second kappa shape index (κ2) is 7.37. The molecule has 0 aromatic rings. The zero-order valence-electron chi connectivity index (χ0n) is 7.60. The van der Waals surface area contributed by atoms with Gasteiger partial charge in [-0.05, 0) is 6.42 Å². The molecular weight excluding hydrogens is 178 g/mol. The van der Waals surface area contributed by atoms with Crippen LogP contribution >= 0.6 is 11.6 Å². The summed E-state index contributed by atoms with van der Waals surface area (Å²) in [4.78, 5) is 11.0. The molecular formula is C8H16ClNO2. The molecule has 72 valence electrons. The van der Waals surface area contributed by atoms with Gasteiger partial charge in [0.15, 0.2) is 0 Å². The number of hydrogen-bond donors (Lipinski definition) is 1. The maximum absolute atomic E-state index is 11.0. The Labute approximate surface area is 78.4 Å². The SMILES string of the molecule is CCC(=O)NC(CCCl)COC. The van der Waals surface area contributed by atoms with E-state index in [0.29, 0.717) is 18.9 Å². The number of halogens is 1. The van der Waals surface area contributed by atoms with Gasteiger partial charge in [0.25, 0.3) is 0 Å². The van der Waals surface area contributed by atoms with Gasteiger partial charge in [0.2, 0.25) is 5.91 Å². The van der Waals surface area contributed by atoms with E-state index in [4.69, 9.17) is 16.3 Å². The molecule has 0 saturated carbocycles. The first-order valence-electron chi connectivity index (χ1n) is 4.08. The van der Waals surface area contributed by atoms with Crippen LogP contribution in [0, 0.1) is 0 Å². The molecule has 0 radical (unpaired) electrons. The molecule has 1 amide bonds. The number of rotatable bonds is 6. The lowest BCUT2D eigenvalue weighted by molar-refractivity contribution is -0.121. The number of methoxy groups -OCH3 is 1. The molecule has 3 nitrogen and oxygen atoms in total. The summed E-state index contributed by atoms with van der Waals surface area (Å²) in [7, 11) is 1.61. The third kappa shape index (κ3) is 5.38. The summed E-state index contributed by atoms with van der Waals surface area (Å²) in [6.45, 7) is 2.35. The van der Waals surface area contributed by atoms with E-state index in [0.717, 1.165) is 6.42 Å². The van der Waals surface area contributed by atoms with Gasteiger partial charge in [-0.15, -0.1) is 11.6 Å². The lowest BCUT2D eigenvalue weighted by atomic mass is 10.2. The van der Waals surface area contributed by atoms with E-state index < -0.39 is 0 Å². The van der Waals surface area contributed by atoms with Gasteiger partial charge in [0.1, 0.15) is 0 Å². The van der Waals surface area contributed by atoms with Crippen molar-refractivity contribution >= 4 is 17.5 Å². The summed E-state index contributed by atoms with van der Waals surface area (Å²) in [5.74, 6) is 0.583. The third-order valence-corrected chi connectivity index (χ3v) is 1.73. The Morgan fingerprint density at radius 1 is 1.67 bits per heavy atom. The van der Waals surface area contributed by atoms with E-state index in [1.54, 1.807) is 7.11 Å². The molecule has 1 unspecified atom stereocenters. The Bertz CT molecular complexity index is 124. The highest BCUT2D eigenvalue weighted by molar-refractivity contribution is 6.17. The van der Waals surface area contributed by atoms with Gasteiger partial charge >= 0.3 is 0 Å². The summed E-state index contributed by atoms with van der Waals surface area (Å²) in [5.41, 5.74) is 0. The number of carbonyl (C=O) groups excluding carboxylic acids is 1. The maximum Gasteiger partial charge on any atom is 0.220 e. The van der Waals surface area contributed by atoms with Crippen LogP contribution in [0.25, 0.3) is 0 Å². The van der Waals surface area contributed by atoms with Crippen LogP contribution in [0.3, 0.4) is 0 Å². The van der Waals surface area contributed by atoms with Crippen molar-refractivity contribution in [3.63, 3.8) is 0 Å². The van der Waals surface area contributed by atoms with Gasteiger partial charge in [-0.2, -0.15) is 0 Å². The zero-order chi connectivity index (χ0) is 9.40. The minimum Gasteiger partial charge on any atom is -0.383 e. The highest BCUT2D eigenvalue weighted by Crippen LogP contribution is 1.95. The molecule has 0 saturated heterocycles. The van der Waals surface area contributed by atoms with E-state index in [2.05, 4.69) is 5.32 Å². The molecule has 0 spiro atoms. The fourth-order valence-corrected chi connectivity index (χ4v) is 1.12. The van der Waals surface area contributed by atoms with E-state index in [-0.39, 0.29) is 11.9 Å². The van der Waals surface area contributed by atoms with Crippen molar-refractivity contribution in [3.8, 4) is 0 Å². The van der Waals surface area contributed by atoms with Crippen LogP contribution in [0.1, 0.15) is 19.8 Å². The van der Waals surface area contributed by atoms with Gasteiger partial charge in [0.05, 0.1) is 12.6 Å². The highest BCUT2D eigenvalue weighted by Gasteiger charge is 2.09. The number of carbonyl (C=O) groups is 1. The van der Waals surface area contributed by atoms with Gasteiger partial charge in [-0.3, -0.25) is 4.79 Å². The lowest BCUT2D eigenvalue weighted by Crippen LogP contribution is -2.37. The monoisotopic (exact) mass is 193 g/mol. The number of amides is 1. The minimum absolute atomic E-state index is 0.0437. The Kier molecular flexibility index (Phi) is 7.20. The van der Waals surface area contributed by atoms with Crippen LogP contribution in [0.2, 0.25) is 0 Å². The van der Waals surface area contributed by atoms with Gasteiger partial charge in [-0.25, -0.2) is 0 Å². The molecule has 0 aromatic carbocycles. The molecule has 1 atom stereocenters. The first-order valence-corrected chi connectivity index (χ1v) is 4.62. The largest absolute Gasteiger partial charge is 0.383 e. The molecule has 0 rings (SSSR count). The van der Waals surface area contributed by atoms with Crippen LogP contribution in [-0.2, 0) is 9.53 Å². The molecule has 0 bridgehead atoms. The average molecular weight is 194 g/mol. The summed E-state index contributed by atoms with van der Waals surface area (Å²) in [5, 5.41) is 2.82. The first kappa shape index (κ1) is 11.7. The Hall–Kier alpha value is -0.280. The van der Waals surface area contributed by atoms with Crippen molar-refractivity contribution in [2.24, 2.45) is 0 Å². The van der Waals surface area contributed by atoms with Crippen molar-refractivity contribution < 1.29 is 9.53 Å². The molecule has 1 N–H and O–H groups in total. The molecule has 0 heterocycles. The summed E-state index contributed by atoms with van der Waals surface area (Å²) in [6, 6.07) is 0.0555. The average Bonchev–Trinajstić information content (AvgIpc) is 2.05. The number of ether oxygens (including phenoxy) is 1. The minimum atomic E-state index is 0.0437. The molecule has 4 heteroatoms. The van der Waals surface area contributed by atoms with Crippen LogP contribution in [0.4, 0.5) is 0 Å². The van der Waals surface area contributed by atoms with Gasteiger partial charge < -0.3 is 10.1 Å². The number of nitrogens with one attached hydrogen (secondary N) is 1. The smallest absolute Gasteiger partial charge is 0.220 e. The summed E-state index contributed by atoms with van der Waals surface area (Å²) in [6.07, 6.45) is 1.25. The number of alkyl halides is 1. The normalized spacial score (nSPS) is 12.6. The van der Waals surface area contributed by atoms with E-state index >= 15 is 0 Å². The molecule has 0 aliphatic carbocycles. The van der Waals surface area contributed by atoms with E-state index in [9.17, 15) is 4.79 Å². The summed E-state index contributed by atoms with van der Waals surface area (Å²) >= 11 is 5.55. The highest BCUT2D eigenvalue weighted by atomic mass is 35.5. The maximum atomic E-state index is 11.0. The standard InChI is InChI=1S/C8H16ClNO2/c1-3-8(11)10-7(4-5-9)6-12-2/h7H,3-6H2,1-2H3,(H,10,11). The van der Waals surface area contributed by atoms with Gasteiger partial charge in [-0.1, -0.05) is 6.92 Å². The van der Waals surface area contributed by atoms with Crippen molar-refractivity contribution in [1.82, 2.24) is 5.32 Å². The molecule has 0 aromatic heterocycles. The van der Waals surface area contributed by atoms with E-state index in [1.165, 1.54) is 0 Å². The zero-order valence-corrected chi connectivity index (χ0v) is 8.36. The number of hydrogen-bond acceptors (Lipinski definition) is 2. The first-order chi connectivity index (χ1) is 5.74. The lowest BCUT2D eigenvalue weighted by Gasteiger charge is -2.15.